The maximum atomic E-state index is 13.0. The lowest BCUT2D eigenvalue weighted by molar-refractivity contribution is -0.776. The molecule has 0 unspecified atom stereocenters. The Morgan fingerprint density at radius 2 is 1.92 bits per heavy atom. The summed E-state index contributed by atoms with van der Waals surface area (Å²) in [6, 6.07) is 3.30. The van der Waals surface area contributed by atoms with Crippen molar-refractivity contribution in [3.8, 4) is 0 Å². The van der Waals surface area contributed by atoms with Crippen LogP contribution in [0.25, 0.3) is 0 Å². The molecule has 0 fully saturated rings. The number of hydrogen-bond acceptors (Lipinski definition) is 5. The van der Waals surface area contributed by atoms with E-state index in [1.807, 2.05) is 0 Å². The van der Waals surface area contributed by atoms with Crippen LogP contribution in [0.2, 0.25) is 5.02 Å². The molecule has 8 heteroatoms. The van der Waals surface area contributed by atoms with Gasteiger partial charge >= 0.3 is 5.97 Å². The van der Waals surface area contributed by atoms with Crippen molar-refractivity contribution in [3.05, 3.63) is 45.9 Å². The number of likely N-dealkylation sites (N-methyl/N-ethyl adjacent to an activating group) is 1. The van der Waals surface area contributed by atoms with E-state index in [1.54, 1.807) is 21.1 Å². The Labute approximate surface area is 144 Å². The molecular weight excluding hydrogens is 337 g/mol. The molecule has 0 amide bonds. The van der Waals surface area contributed by atoms with Gasteiger partial charge in [0.1, 0.15) is 5.82 Å². The fourth-order valence-corrected chi connectivity index (χ4v) is 2.05. The van der Waals surface area contributed by atoms with Crippen LogP contribution in [0.4, 0.5) is 4.39 Å². The van der Waals surface area contributed by atoms with E-state index < -0.39 is 24.2 Å². The van der Waals surface area contributed by atoms with Crippen LogP contribution < -0.4 is 5.73 Å². The molecule has 1 rings (SSSR count). The Bertz CT molecular complexity index is 720. The maximum absolute atomic E-state index is 13.0. The molecule has 1 aromatic rings. The first-order chi connectivity index (χ1) is 10.9. The number of amidine groups is 1. The van der Waals surface area contributed by atoms with Gasteiger partial charge in [-0.1, -0.05) is 11.6 Å². The van der Waals surface area contributed by atoms with Crippen molar-refractivity contribution in [2.45, 2.75) is 6.92 Å². The average molecular weight is 357 g/mol. The van der Waals surface area contributed by atoms with Gasteiger partial charge in [0.15, 0.2) is 12.2 Å². The number of carbonyl (C=O) groups excluding carboxylic acids is 2. The zero-order chi connectivity index (χ0) is 18.7. The summed E-state index contributed by atoms with van der Waals surface area (Å²) in [6.45, 7) is 0.880. The molecule has 0 spiro atoms. The highest BCUT2D eigenvalue weighted by atomic mass is 35.5. The smallest absolute Gasteiger partial charge is 0.348 e. The number of ether oxygens (including phenoxy) is 1. The maximum Gasteiger partial charge on any atom is 0.348 e. The number of quaternary nitrogens is 1. The number of benzene rings is 1. The first-order valence-electron chi connectivity index (χ1n) is 6.97. The molecule has 24 heavy (non-hydrogen) atoms. The summed E-state index contributed by atoms with van der Waals surface area (Å²) < 4.78 is 18.0. The molecule has 0 saturated heterocycles. The van der Waals surface area contributed by atoms with Gasteiger partial charge in [-0.25, -0.2) is 14.6 Å². The second-order valence-electron chi connectivity index (χ2n) is 6.04. The monoisotopic (exact) mass is 356 g/mol. The van der Waals surface area contributed by atoms with Gasteiger partial charge < -0.3 is 10.5 Å². The minimum absolute atomic E-state index is 0.0440. The largest absolute Gasteiger partial charge is 0.453 e. The predicted molar refractivity (Wildman–Crippen MR) is 89.3 cm³/mol. The number of hydrogen-bond donors (Lipinski definition) is 2. The van der Waals surface area contributed by atoms with Gasteiger partial charge in [-0.15, -0.1) is 0 Å². The highest BCUT2D eigenvalue weighted by molar-refractivity contribution is 6.34. The third kappa shape index (κ3) is 4.87. The van der Waals surface area contributed by atoms with Crippen molar-refractivity contribution in [1.82, 2.24) is 0 Å². The third-order valence-corrected chi connectivity index (χ3v) is 3.38. The van der Waals surface area contributed by atoms with Crippen LogP contribution in [0.15, 0.2) is 29.5 Å². The molecule has 0 aliphatic rings. The summed E-state index contributed by atoms with van der Waals surface area (Å²) in [4.78, 5) is 24.2. The van der Waals surface area contributed by atoms with Crippen molar-refractivity contribution >= 4 is 29.2 Å². The number of ketones is 1. The van der Waals surface area contributed by atoms with Gasteiger partial charge in [-0.05, 0) is 25.1 Å². The summed E-state index contributed by atoms with van der Waals surface area (Å²) in [7, 11) is 5.09. The number of allylic oxidation sites excluding steroid dienone is 1. The van der Waals surface area contributed by atoms with E-state index >= 15 is 0 Å². The zero-order valence-corrected chi connectivity index (χ0v) is 14.7. The van der Waals surface area contributed by atoms with Gasteiger partial charge in [0, 0.05) is 11.3 Å². The lowest BCUT2D eigenvalue weighted by Crippen LogP contribution is -2.44. The van der Waals surface area contributed by atoms with E-state index in [-0.39, 0.29) is 32.2 Å². The van der Waals surface area contributed by atoms with Crippen LogP contribution in [0.3, 0.4) is 0 Å². The fraction of sp³-hybridized carbons (Fsp3) is 0.312. The lowest BCUT2D eigenvalue weighted by Gasteiger charge is -2.24. The van der Waals surface area contributed by atoms with Crippen LogP contribution in [0.5, 0.6) is 0 Å². The molecule has 0 aromatic heterocycles. The molecule has 0 atom stereocenters. The molecule has 0 aliphatic heterocycles. The summed E-state index contributed by atoms with van der Waals surface area (Å²) in [5.41, 5.74) is 5.74. The Hall–Kier alpha value is -2.25. The van der Waals surface area contributed by atoms with Crippen LogP contribution in [-0.2, 0) is 9.53 Å². The van der Waals surface area contributed by atoms with Crippen molar-refractivity contribution < 1.29 is 23.2 Å². The van der Waals surface area contributed by atoms with Gasteiger partial charge in [0.25, 0.3) is 0 Å². The number of esters is 1. The van der Waals surface area contributed by atoms with Crippen LogP contribution in [0.1, 0.15) is 17.3 Å². The number of nitrogens with zero attached hydrogens (tertiary/aromatic N) is 1. The quantitative estimate of drug-likeness (QED) is 0.211. The SMILES string of the molecule is CC(N)=C(C(=N)[N+](C)(C)C)C(=O)OCC(=O)c1ccc(F)cc1Cl. The van der Waals surface area contributed by atoms with E-state index in [2.05, 4.69) is 0 Å². The fourth-order valence-electron chi connectivity index (χ4n) is 1.78. The van der Waals surface area contributed by atoms with Crippen molar-refractivity contribution in [1.29, 1.82) is 5.41 Å². The summed E-state index contributed by atoms with van der Waals surface area (Å²) >= 11 is 5.80. The number of nitrogens with one attached hydrogen (secondary N) is 1. The second kappa shape index (κ2) is 7.55. The highest BCUT2D eigenvalue weighted by Gasteiger charge is 2.30. The van der Waals surface area contributed by atoms with Crippen LogP contribution in [-0.4, -0.2) is 49.8 Å². The zero-order valence-electron chi connectivity index (χ0n) is 13.9. The van der Waals surface area contributed by atoms with E-state index in [4.69, 9.17) is 27.5 Å². The van der Waals surface area contributed by atoms with Gasteiger partial charge in [-0.2, -0.15) is 0 Å². The Balaban J connectivity index is 2.89. The van der Waals surface area contributed by atoms with Crippen molar-refractivity contribution in [2.24, 2.45) is 5.73 Å². The molecule has 0 heterocycles. The first kappa shape index (κ1) is 19.8. The standard InChI is InChI=1S/C16H19ClFN3O3/c1-9(19)14(15(20)21(2,3)4)16(23)24-8-13(22)11-6-5-10(18)7-12(11)17/h5-7H,8H2,1-4H3,(H2-,19,20,23)/p+1. The number of Topliss-reactive ketones (excluding diaryl/α,β-unsaturated/α-hetero) is 1. The molecule has 0 saturated carbocycles. The number of halogens is 2. The van der Waals surface area contributed by atoms with Crippen molar-refractivity contribution in [2.75, 3.05) is 27.7 Å². The predicted octanol–water partition coefficient (Wildman–Crippen LogP) is 2.12. The lowest BCUT2D eigenvalue weighted by atomic mass is 10.1. The topological polar surface area (TPSA) is 93.2 Å². The number of carbonyl (C=O) groups is 2. The van der Waals surface area contributed by atoms with E-state index in [0.717, 1.165) is 12.1 Å². The Morgan fingerprint density at radius 3 is 2.38 bits per heavy atom. The number of nitrogens with two attached hydrogens (primary N) is 1. The third-order valence-electron chi connectivity index (χ3n) is 3.07. The molecular formula is C16H20ClFN3O3+. The molecule has 3 N–H and O–H groups in total. The molecule has 6 nitrogen and oxygen atoms in total. The molecule has 130 valence electrons. The minimum Gasteiger partial charge on any atom is -0.453 e. The van der Waals surface area contributed by atoms with E-state index in [9.17, 15) is 14.0 Å². The van der Waals surface area contributed by atoms with Gasteiger partial charge in [0.05, 0.1) is 26.2 Å². The molecule has 0 aliphatic carbocycles. The average Bonchev–Trinajstić information content (AvgIpc) is 2.43. The van der Waals surface area contributed by atoms with Crippen molar-refractivity contribution in [3.63, 3.8) is 0 Å². The Kier molecular flexibility index (Phi) is 6.22. The summed E-state index contributed by atoms with van der Waals surface area (Å²) in [5, 5.41) is 7.98. The van der Waals surface area contributed by atoms with E-state index in [0.29, 0.717) is 0 Å². The highest BCUT2D eigenvalue weighted by Crippen LogP contribution is 2.18. The summed E-state index contributed by atoms with van der Waals surface area (Å²) in [5.74, 6) is -2.08. The summed E-state index contributed by atoms with van der Waals surface area (Å²) in [6.07, 6.45) is 0. The number of rotatable bonds is 5. The van der Waals surface area contributed by atoms with E-state index in [1.165, 1.54) is 13.0 Å². The molecule has 0 radical (unpaired) electrons. The normalized spacial score (nSPS) is 12.4. The second-order valence-corrected chi connectivity index (χ2v) is 6.45. The first-order valence-corrected chi connectivity index (χ1v) is 7.35. The minimum atomic E-state index is -0.875. The van der Waals surface area contributed by atoms with Crippen LogP contribution >= 0.6 is 11.6 Å². The van der Waals surface area contributed by atoms with Crippen LogP contribution in [0, 0.1) is 11.2 Å². The van der Waals surface area contributed by atoms with Gasteiger partial charge in [0.2, 0.25) is 11.6 Å². The van der Waals surface area contributed by atoms with Gasteiger partial charge in [-0.3, -0.25) is 9.28 Å². The Morgan fingerprint density at radius 1 is 1.33 bits per heavy atom. The molecule has 1 aromatic carbocycles. The molecule has 0 bridgehead atoms.